The molecule has 11 heteroatoms. The van der Waals surface area contributed by atoms with Gasteiger partial charge in [-0.1, -0.05) is 36.4 Å². The number of thiazole rings is 1. The number of rotatable bonds is 2. The van der Waals surface area contributed by atoms with Crippen LogP contribution in [0.3, 0.4) is 0 Å². The van der Waals surface area contributed by atoms with Crippen molar-refractivity contribution in [3.8, 4) is 10.6 Å². The maximum Gasteiger partial charge on any atom is 1.00 e. The molecule has 1 heterocycles. The fraction of sp³-hybridized carbons (Fsp3) is 0. The van der Waals surface area contributed by atoms with Crippen LogP contribution in [-0.4, -0.2) is 29.5 Å². The number of thiol groups is 1. The summed E-state index contributed by atoms with van der Waals surface area (Å²) >= 11 is 5.47. The number of nitrogen functional groups attached to an aromatic ring is 1. The Morgan fingerprint density at radius 1 is 0.906 bits per heavy atom. The van der Waals surface area contributed by atoms with Gasteiger partial charge in [-0.25, -0.2) is 13.4 Å². The van der Waals surface area contributed by atoms with Crippen LogP contribution in [-0.2, 0) is 10.1 Å². The number of carbonyl (C=O) groups excluding carboxylic acids is 2. The van der Waals surface area contributed by atoms with Gasteiger partial charge in [0.05, 0.1) is 26.4 Å². The third kappa shape index (κ3) is 3.34. The molecular weight excluding hydrogens is 479 g/mol. The number of nitrogens with zero attached hydrogens (tertiary/aromatic N) is 1. The Labute approximate surface area is 214 Å². The van der Waals surface area contributed by atoms with Gasteiger partial charge in [-0.05, 0) is 12.1 Å². The third-order valence-electron chi connectivity index (χ3n) is 5.09. The third-order valence-corrected chi connectivity index (χ3v) is 7.67. The van der Waals surface area contributed by atoms with Crippen LogP contribution in [0.2, 0.25) is 0 Å². The minimum Gasteiger partial charge on any atom is -0.744 e. The number of benzene rings is 3. The summed E-state index contributed by atoms with van der Waals surface area (Å²) < 4.78 is 36.9. The van der Waals surface area contributed by atoms with Crippen molar-refractivity contribution < 1.29 is 52.1 Å². The van der Waals surface area contributed by atoms with Crippen LogP contribution in [0, 0.1) is 0 Å². The summed E-state index contributed by atoms with van der Waals surface area (Å²) in [5, 5.41) is 0.257. The van der Waals surface area contributed by atoms with Gasteiger partial charge in [0, 0.05) is 27.1 Å². The minimum absolute atomic E-state index is 0. The molecule has 0 atom stereocenters. The Bertz CT molecular complexity index is 1550. The van der Waals surface area contributed by atoms with Gasteiger partial charge in [0.1, 0.15) is 15.1 Å². The van der Waals surface area contributed by atoms with E-state index in [0.717, 1.165) is 4.70 Å². The molecule has 0 saturated carbocycles. The molecular formula is C21H11N2NaO5S3. The molecule has 1 aliphatic rings. The van der Waals surface area contributed by atoms with E-state index in [1.54, 1.807) is 24.3 Å². The first kappa shape index (κ1) is 23.1. The Morgan fingerprint density at radius 2 is 1.47 bits per heavy atom. The number of carbonyl (C=O) groups is 2. The van der Waals surface area contributed by atoms with Crippen LogP contribution in [0.1, 0.15) is 31.8 Å². The van der Waals surface area contributed by atoms with Crippen LogP contribution in [0.25, 0.3) is 20.8 Å². The number of hydrogen-bond acceptors (Lipinski definition) is 9. The van der Waals surface area contributed by atoms with E-state index in [0.29, 0.717) is 5.52 Å². The molecule has 0 aliphatic heterocycles. The van der Waals surface area contributed by atoms with E-state index in [9.17, 15) is 22.6 Å². The number of anilines is 1. The first-order valence-electron chi connectivity index (χ1n) is 8.88. The van der Waals surface area contributed by atoms with Gasteiger partial charge in [0.2, 0.25) is 0 Å². The molecule has 7 nitrogen and oxygen atoms in total. The zero-order chi connectivity index (χ0) is 22.1. The zero-order valence-corrected chi connectivity index (χ0v) is 21.0. The zero-order valence-electron chi connectivity index (χ0n) is 16.4. The predicted octanol–water partition coefficient (Wildman–Crippen LogP) is 0.518. The standard InChI is InChI=1S/C21H12N2O5S3.Na/c22-16-14-13(17(24)9-5-1-2-6-10(9)18(14)25)15(19(29)20(16)31(26,27)28)21-23-11-7-3-4-8-12(11)30-21;/h1-8,29H,22H2,(H,26,27,28);/q;+1/p-1. The second-order valence-corrected chi connectivity index (χ2v) is 9.66. The summed E-state index contributed by atoms with van der Waals surface area (Å²) in [6.45, 7) is 0. The van der Waals surface area contributed by atoms with E-state index in [4.69, 9.17) is 5.73 Å². The smallest absolute Gasteiger partial charge is 0.744 e. The average Bonchev–Trinajstić information content (AvgIpc) is 3.14. The van der Waals surface area contributed by atoms with Crippen molar-refractivity contribution in [3.63, 3.8) is 0 Å². The average molecular weight is 491 g/mol. The van der Waals surface area contributed by atoms with Crippen molar-refractivity contribution in [1.29, 1.82) is 0 Å². The molecule has 5 rings (SSSR count). The fourth-order valence-corrected chi connectivity index (χ4v) is 6.27. The van der Waals surface area contributed by atoms with Crippen molar-refractivity contribution in [3.05, 3.63) is 70.8 Å². The normalized spacial score (nSPS) is 12.9. The van der Waals surface area contributed by atoms with Crippen molar-refractivity contribution in [2.45, 2.75) is 9.79 Å². The van der Waals surface area contributed by atoms with Crippen LogP contribution >= 0.6 is 24.0 Å². The molecule has 1 aromatic heterocycles. The molecule has 2 N–H and O–H groups in total. The Balaban J connectivity index is 0.00000245. The van der Waals surface area contributed by atoms with Crippen molar-refractivity contribution >= 4 is 61.6 Å². The Kier molecular flexibility index (Phi) is 5.83. The van der Waals surface area contributed by atoms with Crippen molar-refractivity contribution in [2.24, 2.45) is 0 Å². The fourth-order valence-electron chi connectivity index (χ4n) is 3.78. The molecule has 0 spiro atoms. The maximum absolute atomic E-state index is 13.4. The number of aromatic nitrogens is 1. The number of hydrogen-bond donors (Lipinski definition) is 2. The largest absolute Gasteiger partial charge is 1.00 e. The minimum atomic E-state index is -5.11. The molecule has 0 unspecified atom stereocenters. The number of para-hydroxylation sites is 1. The van der Waals surface area contributed by atoms with Gasteiger partial charge in [-0.2, -0.15) is 0 Å². The maximum atomic E-state index is 13.4. The number of ketones is 2. The van der Waals surface area contributed by atoms with E-state index < -0.39 is 32.3 Å². The van der Waals surface area contributed by atoms with E-state index in [1.807, 2.05) is 12.1 Å². The number of nitrogens with two attached hydrogens (primary N) is 1. The first-order chi connectivity index (χ1) is 14.7. The summed E-state index contributed by atoms with van der Waals surface area (Å²) in [6, 6.07) is 13.3. The predicted molar refractivity (Wildman–Crippen MR) is 118 cm³/mol. The van der Waals surface area contributed by atoms with E-state index in [2.05, 4.69) is 17.6 Å². The van der Waals surface area contributed by atoms with E-state index in [-0.39, 0.29) is 67.3 Å². The quantitative estimate of drug-likeness (QED) is 0.160. The number of fused-ring (bicyclic) bond motifs is 3. The van der Waals surface area contributed by atoms with Crippen LogP contribution in [0.4, 0.5) is 5.69 Å². The Hall–Kier alpha value is -2.05. The van der Waals surface area contributed by atoms with Crippen LogP contribution in [0.5, 0.6) is 0 Å². The van der Waals surface area contributed by atoms with Crippen molar-refractivity contribution in [1.82, 2.24) is 4.98 Å². The molecule has 154 valence electrons. The monoisotopic (exact) mass is 490 g/mol. The topological polar surface area (TPSA) is 130 Å². The summed E-state index contributed by atoms with van der Waals surface area (Å²) in [6.07, 6.45) is 0. The molecule has 0 fully saturated rings. The van der Waals surface area contributed by atoms with Gasteiger partial charge in [0.15, 0.2) is 11.6 Å². The SMILES string of the molecule is Nc1c2c(c(-c3nc4ccccc4s3)c(S)c1S(=O)(=O)[O-])C(=O)c1ccccc1C2=O.[Na+]. The molecule has 4 aromatic rings. The summed E-state index contributed by atoms with van der Waals surface area (Å²) in [7, 11) is -5.11. The second kappa shape index (κ2) is 8.07. The summed E-state index contributed by atoms with van der Waals surface area (Å²) in [4.78, 5) is 30.0. The molecule has 0 amide bonds. The molecule has 0 saturated heterocycles. The van der Waals surface area contributed by atoms with Gasteiger partial charge < -0.3 is 10.3 Å². The second-order valence-electron chi connectivity index (χ2n) is 6.86. The Morgan fingerprint density at radius 3 is 2.06 bits per heavy atom. The molecule has 0 radical (unpaired) electrons. The molecule has 1 aliphatic carbocycles. The van der Waals surface area contributed by atoms with Gasteiger partial charge in [0.25, 0.3) is 0 Å². The van der Waals surface area contributed by atoms with E-state index in [1.165, 1.54) is 23.5 Å². The molecule has 0 bridgehead atoms. The van der Waals surface area contributed by atoms with E-state index >= 15 is 0 Å². The van der Waals surface area contributed by atoms with Gasteiger partial charge in [-0.15, -0.1) is 24.0 Å². The molecule has 32 heavy (non-hydrogen) atoms. The first-order valence-corrected chi connectivity index (χ1v) is 11.6. The van der Waals surface area contributed by atoms with Gasteiger partial charge >= 0.3 is 29.6 Å². The van der Waals surface area contributed by atoms with Crippen LogP contribution in [0.15, 0.2) is 58.3 Å². The van der Waals surface area contributed by atoms with Gasteiger partial charge in [-0.3, -0.25) is 9.59 Å². The summed E-state index contributed by atoms with van der Waals surface area (Å²) in [5.74, 6) is -1.15. The molecule has 3 aromatic carbocycles. The van der Waals surface area contributed by atoms with Crippen LogP contribution < -0.4 is 35.3 Å². The summed E-state index contributed by atoms with van der Waals surface area (Å²) in [5.41, 5.74) is 5.88. The van der Waals surface area contributed by atoms with Crippen molar-refractivity contribution in [2.75, 3.05) is 5.73 Å².